The van der Waals surface area contributed by atoms with E-state index in [-0.39, 0.29) is 5.69 Å². The van der Waals surface area contributed by atoms with E-state index in [0.717, 1.165) is 12.8 Å². The molecule has 0 aliphatic heterocycles. The number of aryl methyl sites for hydroxylation is 1. The van der Waals surface area contributed by atoms with Gasteiger partial charge in [-0.2, -0.15) is 0 Å². The van der Waals surface area contributed by atoms with Crippen molar-refractivity contribution in [3.63, 3.8) is 0 Å². The third-order valence-corrected chi connectivity index (χ3v) is 7.42. The van der Waals surface area contributed by atoms with Crippen LogP contribution in [0.25, 0.3) is 0 Å². The first kappa shape index (κ1) is 23.0. The highest BCUT2D eigenvalue weighted by molar-refractivity contribution is 7.70. The van der Waals surface area contributed by atoms with Crippen LogP contribution in [0.3, 0.4) is 0 Å². The SMILES string of the molecule is CC(C)=CCCC(C)=CCCn1cc(CC(P(=O)(O)O)P(=O)(O)O)nn1. The Morgan fingerprint density at radius 2 is 1.73 bits per heavy atom. The van der Waals surface area contributed by atoms with Crippen molar-refractivity contribution in [2.45, 2.75) is 58.4 Å². The van der Waals surface area contributed by atoms with Crippen LogP contribution in [-0.2, 0) is 22.1 Å². The number of nitrogens with zero attached hydrogens (tertiary/aromatic N) is 3. The van der Waals surface area contributed by atoms with Crippen molar-refractivity contribution in [1.29, 1.82) is 0 Å². The van der Waals surface area contributed by atoms with Gasteiger partial charge in [-0.3, -0.25) is 13.8 Å². The molecule has 0 aliphatic rings. The Morgan fingerprint density at radius 1 is 1.12 bits per heavy atom. The maximum atomic E-state index is 11.3. The molecule has 4 N–H and O–H groups in total. The van der Waals surface area contributed by atoms with Crippen LogP contribution in [-0.4, -0.2) is 40.0 Å². The van der Waals surface area contributed by atoms with Gasteiger partial charge in [-0.15, -0.1) is 5.10 Å². The summed E-state index contributed by atoms with van der Waals surface area (Å²) < 4.78 is 24.1. The number of rotatable bonds is 10. The molecule has 0 atom stereocenters. The van der Waals surface area contributed by atoms with Gasteiger partial charge in [-0.05, 0) is 40.0 Å². The molecule has 1 aromatic rings. The van der Waals surface area contributed by atoms with Crippen LogP contribution in [0, 0.1) is 0 Å². The maximum absolute atomic E-state index is 11.3. The third kappa shape index (κ3) is 8.54. The van der Waals surface area contributed by atoms with Crippen molar-refractivity contribution >= 4 is 15.2 Å². The molecule has 0 aliphatic carbocycles. The van der Waals surface area contributed by atoms with Gasteiger partial charge in [0.1, 0.15) is 0 Å². The molecule has 0 saturated carbocycles. The molecule has 1 aromatic heterocycles. The minimum atomic E-state index is -4.96. The molecule has 11 heteroatoms. The molecule has 0 fully saturated rings. The van der Waals surface area contributed by atoms with Crippen LogP contribution in [0.2, 0.25) is 0 Å². The highest BCUT2D eigenvalue weighted by Gasteiger charge is 2.43. The maximum Gasteiger partial charge on any atom is 0.341 e. The molecular formula is C15H27N3O6P2. The summed E-state index contributed by atoms with van der Waals surface area (Å²) in [4.78, 5) is 36.6. The smallest absolute Gasteiger partial charge is 0.324 e. The van der Waals surface area contributed by atoms with Gasteiger partial charge in [-0.1, -0.05) is 28.5 Å². The summed E-state index contributed by atoms with van der Waals surface area (Å²) in [5, 5.41) is 5.49. The first-order chi connectivity index (χ1) is 11.9. The molecule has 0 amide bonds. The minimum Gasteiger partial charge on any atom is -0.324 e. The molecule has 0 aromatic carbocycles. The number of allylic oxidation sites excluding steroid dienone is 4. The molecule has 148 valence electrons. The summed E-state index contributed by atoms with van der Waals surface area (Å²) in [6, 6.07) is 0. The van der Waals surface area contributed by atoms with E-state index in [1.54, 1.807) is 0 Å². The summed E-state index contributed by atoms with van der Waals surface area (Å²) >= 11 is 0. The Morgan fingerprint density at radius 3 is 2.27 bits per heavy atom. The van der Waals surface area contributed by atoms with Crippen molar-refractivity contribution in [1.82, 2.24) is 15.0 Å². The van der Waals surface area contributed by atoms with Gasteiger partial charge >= 0.3 is 15.2 Å². The van der Waals surface area contributed by atoms with Crippen molar-refractivity contribution in [2.24, 2.45) is 0 Å². The van der Waals surface area contributed by atoms with Gasteiger partial charge < -0.3 is 19.6 Å². The highest BCUT2D eigenvalue weighted by Crippen LogP contribution is 2.60. The van der Waals surface area contributed by atoms with Crippen LogP contribution in [0.5, 0.6) is 0 Å². The van der Waals surface area contributed by atoms with Crippen LogP contribution in [0.4, 0.5) is 0 Å². The Bertz CT molecular complexity index is 720. The fourth-order valence-corrected chi connectivity index (χ4v) is 4.71. The summed E-state index contributed by atoms with van der Waals surface area (Å²) in [7, 11) is -9.92. The van der Waals surface area contributed by atoms with Gasteiger partial charge in [0.25, 0.3) is 0 Å². The van der Waals surface area contributed by atoms with Crippen LogP contribution >= 0.6 is 15.2 Å². The summed E-state index contributed by atoms with van der Waals surface area (Å²) in [5.74, 6) is 0. The Balaban J connectivity index is 2.61. The Kier molecular flexibility index (Phi) is 8.60. The summed E-state index contributed by atoms with van der Waals surface area (Å²) in [5.41, 5.74) is 2.67. The average molecular weight is 407 g/mol. The van der Waals surface area contributed by atoms with Crippen LogP contribution < -0.4 is 0 Å². The van der Waals surface area contributed by atoms with Crippen molar-refractivity contribution in [2.75, 3.05) is 0 Å². The predicted octanol–water partition coefficient (Wildman–Crippen LogP) is 2.58. The second kappa shape index (κ2) is 9.74. The minimum absolute atomic E-state index is 0.130. The third-order valence-electron chi connectivity index (χ3n) is 3.70. The fraction of sp³-hybridized carbons (Fsp3) is 0.600. The first-order valence-corrected chi connectivity index (χ1v) is 11.5. The van der Waals surface area contributed by atoms with Crippen molar-refractivity contribution in [3.05, 3.63) is 35.2 Å². The number of hydrogen-bond donors (Lipinski definition) is 4. The lowest BCUT2D eigenvalue weighted by molar-refractivity contribution is 0.337. The zero-order chi connectivity index (χ0) is 20.0. The molecule has 0 saturated heterocycles. The normalized spacial score (nSPS) is 13.3. The predicted molar refractivity (Wildman–Crippen MR) is 98.6 cm³/mol. The zero-order valence-electron chi connectivity index (χ0n) is 15.2. The van der Waals surface area contributed by atoms with Crippen molar-refractivity contribution in [3.8, 4) is 0 Å². The molecule has 1 heterocycles. The molecule has 0 unspecified atom stereocenters. The molecular weight excluding hydrogens is 380 g/mol. The first-order valence-electron chi connectivity index (χ1n) is 8.18. The van der Waals surface area contributed by atoms with Crippen LogP contribution in [0.15, 0.2) is 29.5 Å². The van der Waals surface area contributed by atoms with E-state index >= 15 is 0 Å². The van der Waals surface area contributed by atoms with Gasteiger partial charge in [-0.25, -0.2) is 0 Å². The quantitative estimate of drug-likeness (QED) is 0.342. The van der Waals surface area contributed by atoms with E-state index in [4.69, 9.17) is 19.6 Å². The standard InChI is InChI=1S/C15H27N3O6P2/c1-12(2)6-4-7-13(3)8-5-9-18-11-14(16-17-18)10-15(25(19,20)21)26(22,23)24/h6,8,11,15H,4-5,7,9-10H2,1-3H3,(H2,19,20,21)(H2,22,23,24). The van der Waals surface area contributed by atoms with E-state index in [1.165, 1.54) is 22.0 Å². The monoisotopic (exact) mass is 407 g/mol. The highest BCUT2D eigenvalue weighted by atomic mass is 31.2. The van der Waals surface area contributed by atoms with E-state index in [2.05, 4.69) is 43.2 Å². The lowest BCUT2D eigenvalue weighted by Crippen LogP contribution is -2.13. The Labute approximate surface area is 153 Å². The molecule has 0 bridgehead atoms. The summed E-state index contributed by atoms with van der Waals surface area (Å²) in [6.07, 6.45) is 7.86. The fourth-order valence-electron chi connectivity index (χ4n) is 2.30. The van der Waals surface area contributed by atoms with Crippen molar-refractivity contribution < 1.29 is 28.7 Å². The molecule has 0 spiro atoms. The Hall–Kier alpha value is -1.08. The van der Waals surface area contributed by atoms with E-state index in [1.807, 2.05) is 0 Å². The largest absolute Gasteiger partial charge is 0.341 e. The van der Waals surface area contributed by atoms with Gasteiger partial charge in [0.05, 0.1) is 5.69 Å². The van der Waals surface area contributed by atoms with Gasteiger partial charge in [0.2, 0.25) is 0 Å². The number of hydrogen-bond acceptors (Lipinski definition) is 4. The molecule has 9 nitrogen and oxygen atoms in total. The second-order valence-corrected chi connectivity index (χ2v) is 10.5. The topological polar surface area (TPSA) is 146 Å². The lowest BCUT2D eigenvalue weighted by atomic mass is 10.1. The molecule has 1 rings (SSSR count). The van der Waals surface area contributed by atoms with Gasteiger partial charge in [0.15, 0.2) is 5.40 Å². The second-order valence-electron chi connectivity index (χ2n) is 6.50. The average Bonchev–Trinajstić information content (AvgIpc) is 2.89. The number of aromatic nitrogens is 3. The molecule has 26 heavy (non-hydrogen) atoms. The van der Waals surface area contributed by atoms with Gasteiger partial charge in [0, 0.05) is 19.2 Å². The van der Waals surface area contributed by atoms with E-state index in [0.29, 0.717) is 13.0 Å². The van der Waals surface area contributed by atoms with E-state index < -0.39 is 27.0 Å². The zero-order valence-corrected chi connectivity index (χ0v) is 17.0. The van der Waals surface area contributed by atoms with Crippen LogP contribution in [0.1, 0.15) is 45.7 Å². The molecule has 0 radical (unpaired) electrons. The summed E-state index contributed by atoms with van der Waals surface area (Å²) in [6.45, 7) is 6.69. The van der Waals surface area contributed by atoms with E-state index in [9.17, 15) is 9.13 Å². The lowest BCUT2D eigenvalue weighted by Gasteiger charge is -2.18.